The second-order valence-electron chi connectivity index (χ2n) is 7.56. The highest BCUT2D eigenvalue weighted by Crippen LogP contribution is 2.30. The van der Waals surface area contributed by atoms with Gasteiger partial charge < -0.3 is 13.5 Å². The maximum absolute atomic E-state index is 12.1. The highest BCUT2D eigenvalue weighted by atomic mass is 32.2. The zero-order chi connectivity index (χ0) is 21.8. The van der Waals surface area contributed by atoms with Gasteiger partial charge in [0.1, 0.15) is 8.24 Å². The minimum atomic E-state index is -5.86. The summed E-state index contributed by atoms with van der Waals surface area (Å²) in [5.41, 5.74) is -5.60. The van der Waals surface area contributed by atoms with E-state index in [0.717, 1.165) is 6.08 Å². The summed E-state index contributed by atoms with van der Waals surface area (Å²) in [4.78, 5) is 11.2. The van der Waals surface area contributed by atoms with E-state index in [2.05, 4.69) is 48.2 Å². The van der Waals surface area contributed by atoms with E-state index in [9.17, 15) is 26.4 Å². The molecule has 1 atom stereocenters. The Labute approximate surface area is 161 Å². The van der Waals surface area contributed by atoms with Gasteiger partial charge in [-0.3, -0.25) is 0 Å². The molecule has 7 nitrogen and oxygen atoms in total. The van der Waals surface area contributed by atoms with Gasteiger partial charge in [0, 0.05) is 6.54 Å². The molecule has 1 rings (SSSR count). The average Bonchev–Trinajstić information content (AvgIpc) is 2.44. The third kappa shape index (κ3) is 8.23. The molecule has 1 unspecified atom stereocenters. The first-order valence-corrected chi connectivity index (χ1v) is 16.0. The monoisotopic (exact) mass is 450 g/mol. The Morgan fingerprint density at radius 1 is 1.37 bits per heavy atom. The number of carbonyl (C=O) groups is 1. The van der Waals surface area contributed by atoms with E-state index in [0.29, 0.717) is 11.3 Å². The van der Waals surface area contributed by atoms with Gasteiger partial charge in [-0.05, 0) is 25.5 Å². The van der Waals surface area contributed by atoms with E-state index in [4.69, 9.17) is 5.11 Å². The van der Waals surface area contributed by atoms with E-state index >= 15 is 0 Å². The van der Waals surface area contributed by atoms with Gasteiger partial charge in [0.2, 0.25) is 5.88 Å². The van der Waals surface area contributed by atoms with Crippen LogP contribution in [-0.2, 0) is 14.3 Å². The molecule has 1 N–H and O–H groups in total. The van der Waals surface area contributed by atoms with Gasteiger partial charge in [0.05, 0.1) is 8.96 Å². The number of halogens is 3. The maximum Gasteiger partial charge on any atom is 0.534 e. The van der Waals surface area contributed by atoms with Gasteiger partial charge in [0.15, 0.2) is 0 Å². The first kappa shape index (κ1) is 25.9. The molecule has 0 spiro atoms. The second kappa shape index (κ2) is 9.43. The number of alkyl halides is 3. The Hall–Kier alpha value is -1.06. The summed E-state index contributed by atoms with van der Waals surface area (Å²) in [6.45, 7) is 13.5. The van der Waals surface area contributed by atoms with Crippen molar-refractivity contribution in [3.8, 4) is 0 Å². The zero-order valence-corrected chi connectivity index (χ0v) is 19.6. The minimum absolute atomic E-state index is 0.129. The molecule has 0 aromatic rings. The molecule has 1 aliphatic rings. The molecule has 0 aromatic heterocycles. The van der Waals surface area contributed by atoms with Crippen molar-refractivity contribution in [3.05, 3.63) is 12.0 Å². The molecule has 13 heteroatoms. The summed E-state index contributed by atoms with van der Waals surface area (Å²) in [7, 11) is -5.00. The number of allylic oxidation sites excluding steroid dienone is 1. The molecular weight excluding hydrogens is 421 g/mol. The van der Waals surface area contributed by atoms with Crippen LogP contribution in [0, 0.1) is 5.92 Å². The lowest BCUT2D eigenvalue weighted by Crippen LogP contribution is -2.49. The van der Waals surface area contributed by atoms with Crippen LogP contribution in [0.25, 0.3) is 0 Å². The maximum atomic E-state index is 12.1. The summed E-state index contributed by atoms with van der Waals surface area (Å²) in [5, 5.41) is 8.72. The van der Waals surface area contributed by atoms with Crippen molar-refractivity contribution in [2.75, 3.05) is 13.6 Å². The van der Waals surface area contributed by atoms with Crippen molar-refractivity contribution in [3.63, 3.8) is 0 Å². The van der Waals surface area contributed by atoms with Crippen molar-refractivity contribution in [2.24, 2.45) is 5.92 Å². The molecule has 1 aliphatic heterocycles. The number of hydrogen-bond donors (Lipinski definition) is 1. The fraction of sp³-hybridized carbons (Fsp3) is 0.786. The Balaban J connectivity index is 0.000000636. The molecule has 160 valence electrons. The molecule has 0 aromatic carbocycles. The zero-order valence-electron chi connectivity index (χ0n) is 16.7. The highest BCUT2D eigenvalue weighted by molar-refractivity contribution is 7.87. The minimum Gasteiger partial charge on any atom is -0.465 e. The van der Waals surface area contributed by atoms with Gasteiger partial charge in [-0.25, -0.2) is 9.69 Å². The molecule has 0 radical (unpaired) electrons. The molecule has 1 amide bonds. The lowest BCUT2D eigenvalue weighted by atomic mass is 10.1. The van der Waals surface area contributed by atoms with Crippen molar-refractivity contribution in [2.45, 2.75) is 51.6 Å². The van der Waals surface area contributed by atoms with Gasteiger partial charge in [-0.15, -0.1) is 0 Å². The van der Waals surface area contributed by atoms with E-state index in [1.165, 1.54) is 0 Å². The van der Waals surface area contributed by atoms with Crippen LogP contribution in [-0.4, -0.2) is 65.0 Å². The molecule has 0 fully saturated rings. The Kier molecular flexibility index (Phi) is 9.06. The number of amides is 1. The average molecular weight is 451 g/mol. The Morgan fingerprint density at radius 3 is 2.15 bits per heavy atom. The standard InChI is InChI=1S/C8H10F3NO5S.C6H19NSi2/c1-5-2-3-12(7(13)14)6(4-5)17-18(15,16)8(9,10)11;1-7(8(2)3)9(4,5)6/h4-5H,2-3H2,1H3,(H,13,14);8H,1-6H3. The predicted molar refractivity (Wildman–Crippen MR) is 103 cm³/mol. The highest BCUT2D eigenvalue weighted by Gasteiger charge is 2.49. The normalized spacial score (nSPS) is 18.7. The summed E-state index contributed by atoms with van der Waals surface area (Å²) in [6, 6.07) is 0. The molecule has 1 heterocycles. The van der Waals surface area contributed by atoms with Crippen LogP contribution in [0.15, 0.2) is 12.0 Å². The summed E-state index contributed by atoms with van der Waals surface area (Å²) in [5.74, 6) is -1.11. The van der Waals surface area contributed by atoms with E-state index in [-0.39, 0.29) is 12.5 Å². The number of hydrogen-bond acceptors (Lipinski definition) is 5. The quantitative estimate of drug-likeness (QED) is 0.401. The van der Waals surface area contributed by atoms with Gasteiger partial charge in [0.25, 0.3) is 0 Å². The lowest BCUT2D eigenvalue weighted by molar-refractivity contribution is -0.0538. The smallest absolute Gasteiger partial charge is 0.465 e. The topological polar surface area (TPSA) is 87.2 Å². The predicted octanol–water partition coefficient (Wildman–Crippen LogP) is 3.45. The van der Waals surface area contributed by atoms with Crippen molar-refractivity contribution in [1.82, 2.24) is 9.13 Å². The van der Waals surface area contributed by atoms with Gasteiger partial charge in [-0.1, -0.05) is 39.7 Å². The molecule has 0 bridgehead atoms. The summed E-state index contributed by atoms with van der Waals surface area (Å²) >= 11 is 0. The van der Waals surface area contributed by atoms with Gasteiger partial charge >= 0.3 is 21.7 Å². The molecule has 27 heavy (non-hydrogen) atoms. The number of carboxylic acid groups (broad SMARTS) is 1. The fourth-order valence-electron chi connectivity index (χ4n) is 2.06. The van der Waals surface area contributed by atoms with E-state index in [1.54, 1.807) is 6.92 Å². The third-order valence-electron chi connectivity index (χ3n) is 4.04. The first-order valence-electron chi connectivity index (χ1n) is 8.36. The first-order chi connectivity index (χ1) is 11.9. The SMILES string of the molecule is CC1C=C(OS(=O)(=O)C(F)(F)F)N(C(=O)O)CC1.CN([SiH](C)C)[Si](C)(C)C. The Morgan fingerprint density at radius 2 is 1.85 bits per heavy atom. The van der Waals surface area contributed by atoms with E-state index < -0.39 is 44.8 Å². The van der Waals surface area contributed by atoms with Crippen LogP contribution < -0.4 is 0 Å². The Bertz CT molecular complexity index is 648. The molecular formula is C14H29F3N2O5SSi2. The number of rotatable bonds is 4. The van der Waals surface area contributed by atoms with Crippen molar-refractivity contribution < 1.29 is 35.7 Å². The van der Waals surface area contributed by atoms with Crippen LogP contribution in [0.4, 0.5) is 18.0 Å². The summed E-state index contributed by atoms with van der Waals surface area (Å²) < 4.78 is 64.4. The third-order valence-corrected chi connectivity index (χ3v) is 12.5. The van der Waals surface area contributed by atoms with Crippen LogP contribution in [0.1, 0.15) is 13.3 Å². The van der Waals surface area contributed by atoms with Crippen LogP contribution >= 0.6 is 0 Å². The van der Waals surface area contributed by atoms with Crippen LogP contribution in [0.2, 0.25) is 32.7 Å². The van der Waals surface area contributed by atoms with Crippen LogP contribution in [0.5, 0.6) is 0 Å². The molecule has 0 saturated carbocycles. The van der Waals surface area contributed by atoms with Crippen molar-refractivity contribution in [1.29, 1.82) is 0 Å². The fourth-order valence-corrected chi connectivity index (χ4v) is 8.72. The van der Waals surface area contributed by atoms with Crippen molar-refractivity contribution >= 4 is 33.4 Å². The lowest BCUT2D eigenvalue weighted by Gasteiger charge is -2.33. The second-order valence-corrected chi connectivity index (χ2v) is 17.6. The van der Waals surface area contributed by atoms with Gasteiger partial charge in [-0.2, -0.15) is 21.6 Å². The number of nitrogens with zero attached hydrogens (tertiary/aromatic N) is 2. The molecule has 0 saturated heterocycles. The molecule has 0 aliphatic carbocycles. The summed E-state index contributed by atoms with van der Waals surface area (Å²) in [6.07, 6.45) is -0.183. The largest absolute Gasteiger partial charge is 0.534 e. The van der Waals surface area contributed by atoms with Crippen LogP contribution in [0.3, 0.4) is 0 Å². The van der Waals surface area contributed by atoms with E-state index in [1.807, 2.05) is 0 Å².